The van der Waals surface area contributed by atoms with E-state index in [9.17, 15) is 9.59 Å². The zero-order valence-electron chi connectivity index (χ0n) is 12.0. The number of carbonyl (C=O) groups excluding carboxylic acids is 1. The van der Waals surface area contributed by atoms with Gasteiger partial charge in [0.25, 0.3) is 5.91 Å². The molecule has 108 valence electrons. The highest BCUT2D eigenvalue weighted by molar-refractivity contribution is 6.08. The molecular formula is C15H15N3O3. The van der Waals surface area contributed by atoms with Crippen LogP contribution in [0.3, 0.4) is 0 Å². The highest BCUT2D eigenvalue weighted by atomic mass is 16.4. The van der Waals surface area contributed by atoms with Crippen molar-refractivity contribution in [1.82, 2.24) is 9.97 Å². The first kappa shape index (κ1) is 14.6. The Morgan fingerprint density at radius 2 is 1.62 bits per heavy atom. The molecule has 0 unspecified atom stereocenters. The Morgan fingerprint density at radius 1 is 1.05 bits per heavy atom. The summed E-state index contributed by atoms with van der Waals surface area (Å²) in [5, 5.41) is 11.6. The molecule has 0 aliphatic heterocycles. The van der Waals surface area contributed by atoms with Crippen LogP contribution in [0, 0.1) is 20.8 Å². The van der Waals surface area contributed by atoms with Gasteiger partial charge in [0.05, 0.1) is 0 Å². The van der Waals surface area contributed by atoms with Crippen LogP contribution >= 0.6 is 0 Å². The minimum absolute atomic E-state index is 0.0608. The van der Waals surface area contributed by atoms with Crippen LogP contribution in [0.1, 0.15) is 37.5 Å². The van der Waals surface area contributed by atoms with Crippen LogP contribution in [0.5, 0.6) is 0 Å². The van der Waals surface area contributed by atoms with Crippen LogP contribution in [-0.4, -0.2) is 27.0 Å². The molecule has 6 heteroatoms. The maximum Gasteiger partial charge on any atom is 0.358 e. The van der Waals surface area contributed by atoms with E-state index in [2.05, 4.69) is 15.3 Å². The Morgan fingerprint density at radius 3 is 2.19 bits per heavy atom. The second-order valence-corrected chi connectivity index (χ2v) is 4.79. The van der Waals surface area contributed by atoms with Crippen molar-refractivity contribution < 1.29 is 14.7 Å². The van der Waals surface area contributed by atoms with Crippen molar-refractivity contribution in [2.75, 3.05) is 5.32 Å². The number of nitrogens with one attached hydrogen (secondary N) is 1. The van der Waals surface area contributed by atoms with E-state index in [1.165, 1.54) is 12.4 Å². The molecule has 1 amide bonds. The fraction of sp³-hybridized carbons (Fsp3) is 0.200. The minimum Gasteiger partial charge on any atom is -0.476 e. The summed E-state index contributed by atoms with van der Waals surface area (Å²) in [7, 11) is 0. The summed E-state index contributed by atoms with van der Waals surface area (Å²) in [4.78, 5) is 31.0. The molecule has 0 atom stereocenters. The number of benzene rings is 1. The molecule has 21 heavy (non-hydrogen) atoms. The Hall–Kier alpha value is -2.76. The molecule has 0 aliphatic carbocycles. The number of carboxylic acid groups (broad SMARTS) is 1. The molecule has 2 N–H and O–H groups in total. The van der Waals surface area contributed by atoms with E-state index in [1.54, 1.807) is 0 Å². The van der Waals surface area contributed by atoms with Gasteiger partial charge in [-0.1, -0.05) is 17.7 Å². The van der Waals surface area contributed by atoms with E-state index in [1.807, 2.05) is 32.9 Å². The van der Waals surface area contributed by atoms with Crippen molar-refractivity contribution in [2.45, 2.75) is 20.8 Å². The summed E-state index contributed by atoms with van der Waals surface area (Å²) in [6, 6.07) is 3.80. The van der Waals surface area contributed by atoms with Crippen molar-refractivity contribution >= 4 is 17.7 Å². The molecule has 0 fully saturated rings. The second-order valence-electron chi connectivity index (χ2n) is 4.79. The number of hydrogen-bond acceptors (Lipinski definition) is 4. The number of carboxylic acids is 1. The van der Waals surface area contributed by atoms with E-state index < -0.39 is 11.9 Å². The average molecular weight is 285 g/mol. The molecular weight excluding hydrogens is 270 g/mol. The van der Waals surface area contributed by atoms with Crippen LogP contribution in [0.15, 0.2) is 24.5 Å². The molecule has 0 saturated heterocycles. The van der Waals surface area contributed by atoms with Gasteiger partial charge in [-0.3, -0.25) is 4.79 Å². The first-order valence-corrected chi connectivity index (χ1v) is 6.33. The summed E-state index contributed by atoms with van der Waals surface area (Å²) >= 11 is 0. The zero-order valence-corrected chi connectivity index (χ0v) is 12.0. The number of aryl methyl sites for hydroxylation is 3. The van der Waals surface area contributed by atoms with Gasteiger partial charge in [-0.05, 0) is 31.9 Å². The quantitative estimate of drug-likeness (QED) is 0.903. The average Bonchev–Trinajstić information content (AvgIpc) is 2.37. The van der Waals surface area contributed by atoms with Crippen LogP contribution in [-0.2, 0) is 0 Å². The van der Waals surface area contributed by atoms with E-state index in [0.717, 1.165) is 16.7 Å². The molecule has 2 rings (SSSR count). The highest BCUT2D eigenvalue weighted by Gasteiger charge is 2.18. The summed E-state index contributed by atoms with van der Waals surface area (Å²) in [6.45, 7) is 5.63. The topological polar surface area (TPSA) is 92.2 Å². The Balaban J connectivity index is 2.38. The lowest BCUT2D eigenvalue weighted by Gasteiger charge is -2.12. The lowest BCUT2D eigenvalue weighted by atomic mass is 9.99. The van der Waals surface area contributed by atoms with Gasteiger partial charge in [-0.2, -0.15) is 0 Å². The normalized spacial score (nSPS) is 10.2. The van der Waals surface area contributed by atoms with Crippen molar-refractivity contribution in [3.63, 3.8) is 0 Å². The van der Waals surface area contributed by atoms with E-state index >= 15 is 0 Å². The monoisotopic (exact) mass is 285 g/mol. The molecule has 0 radical (unpaired) electrons. The Labute approximate surface area is 121 Å². The molecule has 0 aliphatic rings. The van der Waals surface area contributed by atoms with Gasteiger partial charge in [0, 0.05) is 18.0 Å². The molecule has 0 spiro atoms. The van der Waals surface area contributed by atoms with Crippen molar-refractivity contribution in [3.05, 3.63) is 52.5 Å². The van der Waals surface area contributed by atoms with Crippen molar-refractivity contribution in [3.8, 4) is 0 Å². The maximum absolute atomic E-state index is 12.4. The summed E-state index contributed by atoms with van der Waals surface area (Å²) in [5.41, 5.74) is 2.94. The lowest BCUT2D eigenvalue weighted by molar-refractivity contribution is 0.0691. The maximum atomic E-state index is 12.4. The lowest BCUT2D eigenvalue weighted by Crippen LogP contribution is -2.19. The van der Waals surface area contributed by atoms with Gasteiger partial charge < -0.3 is 10.4 Å². The van der Waals surface area contributed by atoms with Crippen LogP contribution in [0.2, 0.25) is 0 Å². The van der Waals surface area contributed by atoms with Gasteiger partial charge in [-0.15, -0.1) is 0 Å². The number of aromatic nitrogens is 2. The summed E-state index contributed by atoms with van der Waals surface area (Å²) in [6.07, 6.45) is 2.60. The molecule has 2 aromatic rings. The molecule has 6 nitrogen and oxygen atoms in total. The fourth-order valence-electron chi connectivity index (χ4n) is 2.29. The molecule has 0 saturated carbocycles. The molecule has 0 bridgehead atoms. The molecule has 1 heterocycles. The predicted octanol–water partition coefficient (Wildman–Crippen LogP) is 2.35. The number of amides is 1. The van der Waals surface area contributed by atoms with Gasteiger partial charge in [0.1, 0.15) is 0 Å². The molecule has 1 aromatic carbocycles. The number of anilines is 1. The van der Waals surface area contributed by atoms with Gasteiger partial charge in [0.2, 0.25) is 0 Å². The predicted molar refractivity (Wildman–Crippen MR) is 77.6 cm³/mol. The number of hydrogen-bond donors (Lipinski definition) is 2. The van der Waals surface area contributed by atoms with E-state index in [0.29, 0.717) is 5.56 Å². The first-order chi connectivity index (χ1) is 9.90. The van der Waals surface area contributed by atoms with E-state index in [-0.39, 0.29) is 11.5 Å². The third kappa shape index (κ3) is 3.05. The number of rotatable bonds is 3. The van der Waals surface area contributed by atoms with Gasteiger partial charge in [0.15, 0.2) is 11.5 Å². The van der Waals surface area contributed by atoms with Gasteiger partial charge >= 0.3 is 5.97 Å². The SMILES string of the molecule is Cc1cc(C)c(C(=O)Nc2nccnc2C(=O)O)c(C)c1. The summed E-state index contributed by atoms with van der Waals surface area (Å²) < 4.78 is 0. The third-order valence-corrected chi connectivity index (χ3v) is 3.04. The highest BCUT2D eigenvalue weighted by Crippen LogP contribution is 2.18. The number of carbonyl (C=O) groups is 2. The number of nitrogens with zero attached hydrogens (tertiary/aromatic N) is 2. The third-order valence-electron chi connectivity index (χ3n) is 3.04. The van der Waals surface area contributed by atoms with Crippen molar-refractivity contribution in [2.24, 2.45) is 0 Å². The van der Waals surface area contributed by atoms with Crippen LogP contribution in [0.25, 0.3) is 0 Å². The smallest absolute Gasteiger partial charge is 0.358 e. The van der Waals surface area contributed by atoms with Crippen LogP contribution in [0.4, 0.5) is 5.82 Å². The second kappa shape index (κ2) is 5.70. The van der Waals surface area contributed by atoms with E-state index in [4.69, 9.17) is 5.11 Å². The van der Waals surface area contributed by atoms with Gasteiger partial charge in [-0.25, -0.2) is 14.8 Å². The fourth-order valence-corrected chi connectivity index (χ4v) is 2.29. The molecule has 1 aromatic heterocycles. The van der Waals surface area contributed by atoms with Crippen LogP contribution < -0.4 is 5.32 Å². The Bertz CT molecular complexity index is 703. The first-order valence-electron chi connectivity index (χ1n) is 6.33. The Kier molecular flexibility index (Phi) is 3.98. The summed E-state index contributed by atoms with van der Waals surface area (Å²) in [5.74, 6) is -1.70. The standard InChI is InChI=1S/C15H15N3O3/c1-8-6-9(2)11(10(3)7-8)14(19)18-13-12(15(20)21)16-4-5-17-13/h4-7H,1-3H3,(H,20,21)(H,17,18,19). The number of aromatic carboxylic acids is 1. The minimum atomic E-state index is -1.24. The van der Waals surface area contributed by atoms with Crippen molar-refractivity contribution in [1.29, 1.82) is 0 Å². The largest absolute Gasteiger partial charge is 0.476 e. The zero-order chi connectivity index (χ0) is 15.6.